The Morgan fingerprint density at radius 2 is 2.00 bits per heavy atom. The summed E-state index contributed by atoms with van der Waals surface area (Å²) < 4.78 is 20.1. The summed E-state index contributed by atoms with van der Waals surface area (Å²) in [7, 11) is -2.23. The normalized spacial score (nSPS) is 16.4. The number of hydrogen-bond donors (Lipinski definition) is 3. The third kappa shape index (κ3) is 9.98. The molecule has 0 radical (unpaired) electrons. The topological polar surface area (TPSA) is 88.0 Å². The average molecular weight is 226 g/mol. The second-order valence-electron chi connectivity index (χ2n) is 2.98. The zero-order valence-electron chi connectivity index (χ0n) is 8.34. The molecule has 6 nitrogen and oxygen atoms in total. The van der Waals surface area contributed by atoms with E-state index in [1.54, 1.807) is 13.8 Å². The summed E-state index contributed by atoms with van der Waals surface area (Å²) in [5.74, 6) is 0. The Hall–Kier alpha value is -0.100. The van der Waals surface area contributed by atoms with Crippen LogP contribution < -0.4 is 5.48 Å². The first-order chi connectivity index (χ1) is 6.52. The SMILES string of the molecule is CC(O)CCO[P+](=O)ONCC(C)O. The van der Waals surface area contributed by atoms with Crippen molar-refractivity contribution < 1.29 is 23.9 Å². The monoisotopic (exact) mass is 226 g/mol. The highest BCUT2D eigenvalue weighted by molar-refractivity contribution is 7.33. The Morgan fingerprint density at radius 3 is 2.50 bits per heavy atom. The van der Waals surface area contributed by atoms with Crippen molar-refractivity contribution in [2.45, 2.75) is 32.5 Å². The van der Waals surface area contributed by atoms with Crippen molar-refractivity contribution in [3.05, 3.63) is 0 Å². The van der Waals surface area contributed by atoms with E-state index in [0.717, 1.165) is 0 Å². The molecule has 0 aliphatic heterocycles. The van der Waals surface area contributed by atoms with Crippen LogP contribution in [0.15, 0.2) is 0 Å². The molecule has 0 spiro atoms. The molecule has 0 saturated heterocycles. The Bertz CT molecular complexity index is 148. The molecule has 0 aromatic heterocycles. The van der Waals surface area contributed by atoms with Gasteiger partial charge in [-0.1, -0.05) is 0 Å². The minimum absolute atomic E-state index is 0.170. The molecule has 0 heterocycles. The van der Waals surface area contributed by atoms with Crippen molar-refractivity contribution >= 4 is 8.25 Å². The molecule has 7 heteroatoms. The molecule has 0 amide bonds. The van der Waals surface area contributed by atoms with E-state index in [0.29, 0.717) is 6.42 Å². The highest BCUT2D eigenvalue weighted by atomic mass is 31.1. The first-order valence-electron chi connectivity index (χ1n) is 4.38. The molecule has 3 unspecified atom stereocenters. The lowest BCUT2D eigenvalue weighted by Gasteiger charge is -2.00. The Morgan fingerprint density at radius 1 is 1.36 bits per heavy atom. The fourth-order valence-corrected chi connectivity index (χ4v) is 1.02. The first kappa shape index (κ1) is 13.9. The minimum atomic E-state index is -2.23. The molecular weight excluding hydrogens is 209 g/mol. The van der Waals surface area contributed by atoms with Crippen LogP contribution in [0.5, 0.6) is 0 Å². The van der Waals surface area contributed by atoms with Crippen molar-refractivity contribution in [2.24, 2.45) is 0 Å². The molecule has 0 aliphatic carbocycles. The molecule has 84 valence electrons. The van der Waals surface area contributed by atoms with Crippen LogP contribution in [-0.2, 0) is 13.7 Å². The summed E-state index contributed by atoms with van der Waals surface area (Å²) in [4.78, 5) is 0. The van der Waals surface area contributed by atoms with E-state index in [1.807, 2.05) is 0 Å². The first-order valence-corrected chi connectivity index (χ1v) is 5.48. The van der Waals surface area contributed by atoms with Gasteiger partial charge in [-0.2, -0.15) is 0 Å². The molecule has 0 fully saturated rings. The van der Waals surface area contributed by atoms with E-state index < -0.39 is 20.5 Å². The van der Waals surface area contributed by atoms with Crippen molar-refractivity contribution in [3.8, 4) is 0 Å². The average Bonchev–Trinajstić information content (AvgIpc) is 2.02. The molecule has 3 N–H and O–H groups in total. The van der Waals surface area contributed by atoms with Gasteiger partial charge >= 0.3 is 8.25 Å². The Kier molecular flexibility index (Phi) is 8.17. The van der Waals surface area contributed by atoms with Gasteiger partial charge in [-0.3, -0.25) is 0 Å². The summed E-state index contributed by atoms with van der Waals surface area (Å²) in [6.45, 7) is 3.53. The minimum Gasteiger partial charge on any atom is -0.393 e. The maximum Gasteiger partial charge on any atom is 0.716 e. The van der Waals surface area contributed by atoms with E-state index in [-0.39, 0.29) is 13.2 Å². The predicted molar refractivity (Wildman–Crippen MR) is 50.6 cm³/mol. The van der Waals surface area contributed by atoms with Gasteiger partial charge in [-0.05, 0) is 18.5 Å². The summed E-state index contributed by atoms with van der Waals surface area (Å²) >= 11 is 0. The van der Waals surface area contributed by atoms with Gasteiger partial charge in [0.15, 0.2) is 0 Å². The highest BCUT2D eigenvalue weighted by Gasteiger charge is 2.20. The van der Waals surface area contributed by atoms with E-state index >= 15 is 0 Å². The van der Waals surface area contributed by atoms with Crippen LogP contribution in [0.1, 0.15) is 20.3 Å². The predicted octanol–water partition coefficient (Wildman–Crippen LogP) is 0.333. The third-order valence-corrected chi connectivity index (χ3v) is 1.92. The summed E-state index contributed by atoms with van der Waals surface area (Å²) in [6, 6.07) is 0. The van der Waals surface area contributed by atoms with Gasteiger partial charge in [0.25, 0.3) is 0 Å². The number of hydrogen-bond acceptors (Lipinski definition) is 6. The fraction of sp³-hybridized carbons (Fsp3) is 1.00. The number of rotatable bonds is 8. The van der Waals surface area contributed by atoms with Crippen LogP contribution in [0.2, 0.25) is 0 Å². The zero-order chi connectivity index (χ0) is 11.0. The lowest BCUT2D eigenvalue weighted by atomic mass is 10.3. The largest absolute Gasteiger partial charge is 0.716 e. The van der Waals surface area contributed by atoms with Gasteiger partial charge < -0.3 is 10.2 Å². The second-order valence-corrected chi connectivity index (χ2v) is 3.87. The third-order valence-electron chi connectivity index (χ3n) is 1.25. The summed E-state index contributed by atoms with van der Waals surface area (Å²) in [5.41, 5.74) is 2.30. The van der Waals surface area contributed by atoms with Gasteiger partial charge in [-0.15, -0.1) is 10.0 Å². The van der Waals surface area contributed by atoms with E-state index in [9.17, 15) is 4.57 Å². The van der Waals surface area contributed by atoms with Crippen LogP contribution in [0.3, 0.4) is 0 Å². The molecule has 14 heavy (non-hydrogen) atoms. The molecule has 0 aromatic rings. The second kappa shape index (κ2) is 8.23. The van der Waals surface area contributed by atoms with Crippen LogP contribution in [0.4, 0.5) is 0 Å². The Balaban J connectivity index is 3.28. The highest BCUT2D eigenvalue weighted by Crippen LogP contribution is 2.21. The van der Waals surface area contributed by atoms with Crippen molar-refractivity contribution in [2.75, 3.05) is 13.2 Å². The molecule has 0 aromatic carbocycles. The molecule has 0 rings (SSSR count). The zero-order valence-corrected chi connectivity index (χ0v) is 9.24. The fourth-order valence-electron chi connectivity index (χ4n) is 0.535. The standard InChI is InChI=1S/C7H17NO5P/c1-6(9)3-4-12-14(11)13-8-5-7(2)10/h6-10H,3-5H2,1-2H3/q+1. The van der Waals surface area contributed by atoms with Crippen LogP contribution in [0.25, 0.3) is 0 Å². The lowest BCUT2D eigenvalue weighted by Crippen LogP contribution is -2.22. The number of aliphatic hydroxyl groups excluding tert-OH is 2. The van der Waals surface area contributed by atoms with Gasteiger partial charge in [0.2, 0.25) is 0 Å². The molecule has 3 atom stereocenters. The summed E-state index contributed by atoms with van der Waals surface area (Å²) in [6.07, 6.45) is -0.652. The number of aliphatic hydroxyl groups is 2. The van der Waals surface area contributed by atoms with E-state index in [2.05, 4.69) is 10.1 Å². The lowest BCUT2D eigenvalue weighted by molar-refractivity contribution is 0.0993. The van der Waals surface area contributed by atoms with Crippen molar-refractivity contribution in [3.63, 3.8) is 0 Å². The molecule has 0 aliphatic rings. The van der Waals surface area contributed by atoms with Gasteiger partial charge in [0.1, 0.15) is 6.61 Å². The molecular formula is C7H17NO5P+. The molecule has 0 saturated carbocycles. The van der Waals surface area contributed by atoms with Crippen molar-refractivity contribution in [1.29, 1.82) is 0 Å². The summed E-state index contributed by atoms with van der Waals surface area (Å²) in [5, 5.41) is 17.7. The van der Waals surface area contributed by atoms with Gasteiger partial charge in [0, 0.05) is 11.0 Å². The van der Waals surface area contributed by atoms with Crippen LogP contribution in [0, 0.1) is 0 Å². The Labute approximate surface area is 84.1 Å². The number of hydroxylamine groups is 1. The van der Waals surface area contributed by atoms with Gasteiger partial charge in [0.05, 0.1) is 18.8 Å². The van der Waals surface area contributed by atoms with Crippen LogP contribution in [-0.4, -0.2) is 35.6 Å². The molecule has 0 bridgehead atoms. The van der Waals surface area contributed by atoms with Crippen LogP contribution >= 0.6 is 8.25 Å². The number of nitrogens with one attached hydrogen (secondary N) is 1. The quantitative estimate of drug-likeness (QED) is 0.408. The smallest absolute Gasteiger partial charge is 0.393 e. The maximum atomic E-state index is 10.9. The van der Waals surface area contributed by atoms with E-state index in [4.69, 9.17) is 14.7 Å². The van der Waals surface area contributed by atoms with E-state index in [1.165, 1.54) is 0 Å². The maximum absolute atomic E-state index is 10.9. The van der Waals surface area contributed by atoms with Crippen molar-refractivity contribution in [1.82, 2.24) is 5.48 Å². The van der Waals surface area contributed by atoms with Gasteiger partial charge in [-0.25, -0.2) is 0 Å².